The van der Waals surface area contributed by atoms with Crippen molar-refractivity contribution in [2.24, 2.45) is 5.92 Å². The van der Waals surface area contributed by atoms with E-state index >= 15 is 0 Å². The van der Waals surface area contributed by atoms with E-state index in [0.717, 1.165) is 30.0 Å². The highest BCUT2D eigenvalue weighted by Crippen LogP contribution is 2.25. The second-order valence-electron chi connectivity index (χ2n) is 7.24. The molecular weight excluding hydrogens is 388 g/mol. The number of thiazole rings is 1. The molecule has 1 aliphatic heterocycles. The van der Waals surface area contributed by atoms with Crippen molar-refractivity contribution in [3.05, 3.63) is 53.3 Å². The van der Waals surface area contributed by atoms with Gasteiger partial charge in [0.25, 0.3) is 5.89 Å². The molecule has 3 heterocycles. The number of hydrogen-bond donors (Lipinski definition) is 0. The summed E-state index contributed by atoms with van der Waals surface area (Å²) < 4.78 is 11.2. The van der Waals surface area contributed by atoms with Gasteiger partial charge in [-0.1, -0.05) is 42.4 Å². The standard InChI is InChI=1S/C21H24N4O3S/c1-2-16-8-10-25(14-18-23-20(28-24-18)21-22-9-11-29-21)13-17(16)27-19(26)12-15-6-4-3-5-7-15/h3-7,9,11,16-17H,2,8,10,12-14H2,1H3/t16?,17-/m0/s1. The third-order valence-electron chi connectivity index (χ3n) is 5.23. The minimum atomic E-state index is -0.174. The normalized spacial score (nSPS) is 19.9. The van der Waals surface area contributed by atoms with Crippen molar-refractivity contribution in [2.75, 3.05) is 13.1 Å². The van der Waals surface area contributed by atoms with E-state index in [-0.39, 0.29) is 12.1 Å². The highest BCUT2D eigenvalue weighted by molar-refractivity contribution is 7.12. The first-order valence-electron chi connectivity index (χ1n) is 9.89. The average molecular weight is 413 g/mol. The number of benzene rings is 1. The van der Waals surface area contributed by atoms with Gasteiger partial charge in [-0.05, 0) is 30.9 Å². The van der Waals surface area contributed by atoms with Crippen molar-refractivity contribution in [1.29, 1.82) is 0 Å². The maximum absolute atomic E-state index is 12.5. The summed E-state index contributed by atoms with van der Waals surface area (Å²) in [6, 6.07) is 9.71. The van der Waals surface area contributed by atoms with Crippen LogP contribution in [0.4, 0.5) is 0 Å². The zero-order valence-electron chi connectivity index (χ0n) is 16.4. The Balaban J connectivity index is 1.36. The van der Waals surface area contributed by atoms with E-state index in [1.807, 2.05) is 35.7 Å². The van der Waals surface area contributed by atoms with Gasteiger partial charge in [0.2, 0.25) is 0 Å². The van der Waals surface area contributed by atoms with Gasteiger partial charge < -0.3 is 9.26 Å². The smallest absolute Gasteiger partial charge is 0.310 e. The van der Waals surface area contributed by atoms with Crippen LogP contribution in [0.5, 0.6) is 0 Å². The summed E-state index contributed by atoms with van der Waals surface area (Å²) in [5.41, 5.74) is 0.972. The molecule has 0 aliphatic carbocycles. The Hall–Kier alpha value is -2.58. The summed E-state index contributed by atoms with van der Waals surface area (Å²) in [7, 11) is 0. The van der Waals surface area contributed by atoms with Crippen LogP contribution in [0.15, 0.2) is 46.4 Å². The number of esters is 1. The second kappa shape index (κ2) is 9.28. The van der Waals surface area contributed by atoms with Crippen molar-refractivity contribution < 1.29 is 14.1 Å². The number of hydrogen-bond acceptors (Lipinski definition) is 8. The number of rotatable bonds is 7. The average Bonchev–Trinajstić information content (AvgIpc) is 3.41. The van der Waals surface area contributed by atoms with Gasteiger partial charge in [0, 0.05) is 18.1 Å². The van der Waals surface area contributed by atoms with E-state index in [0.29, 0.717) is 37.1 Å². The number of piperidine rings is 1. The first-order valence-corrected chi connectivity index (χ1v) is 10.8. The van der Waals surface area contributed by atoms with Gasteiger partial charge in [-0.25, -0.2) is 4.98 Å². The van der Waals surface area contributed by atoms with Gasteiger partial charge in [0.15, 0.2) is 10.8 Å². The maximum Gasteiger partial charge on any atom is 0.310 e. The van der Waals surface area contributed by atoms with Crippen LogP contribution in [0.1, 0.15) is 31.2 Å². The fourth-order valence-corrected chi connectivity index (χ4v) is 4.24. The van der Waals surface area contributed by atoms with Gasteiger partial charge in [0.05, 0.1) is 13.0 Å². The molecule has 1 saturated heterocycles. The van der Waals surface area contributed by atoms with Crippen LogP contribution in [0.3, 0.4) is 0 Å². The van der Waals surface area contributed by atoms with E-state index in [2.05, 4.69) is 26.9 Å². The molecule has 1 aliphatic rings. The van der Waals surface area contributed by atoms with Crippen LogP contribution in [0, 0.1) is 5.92 Å². The van der Waals surface area contributed by atoms with Crippen molar-refractivity contribution >= 4 is 17.3 Å². The minimum absolute atomic E-state index is 0.115. The van der Waals surface area contributed by atoms with Crippen molar-refractivity contribution in [3.63, 3.8) is 0 Å². The van der Waals surface area contributed by atoms with Crippen molar-refractivity contribution in [3.8, 4) is 10.9 Å². The Kier molecular flexibility index (Phi) is 6.31. The van der Waals surface area contributed by atoms with Crippen LogP contribution in [0.2, 0.25) is 0 Å². The lowest BCUT2D eigenvalue weighted by molar-refractivity contribution is -0.154. The molecule has 0 saturated carbocycles. The molecule has 0 bridgehead atoms. The Morgan fingerprint density at radius 1 is 1.34 bits per heavy atom. The molecule has 0 amide bonds. The number of likely N-dealkylation sites (tertiary alicyclic amines) is 1. The molecule has 0 N–H and O–H groups in total. The monoisotopic (exact) mass is 412 g/mol. The fraction of sp³-hybridized carbons (Fsp3) is 0.429. The highest BCUT2D eigenvalue weighted by Gasteiger charge is 2.31. The van der Waals surface area contributed by atoms with Crippen LogP contribution in [0.25, 0.3) is 10.9 Å². The molecule has 2 aromatic heterocycles. The number of aromatic nitrogens is 3. The lowest BCUT2D eigenvalue weighted by atomic mass is 9.91. The minimum Gasteiger partial charge on any atom is -0.460 e. The van der Waals surface area contributed by atoms with E-state index in [4.69, 9.17) is 9.26 Å². The number of carbonyl (C=O) groups is 1. The topological polar surface area (TPSA) is 81.3 Å². The zero-order chi connectivity index (χ0) is 20.1. The summed E-state index contributed by atoms with van der Waals surface area (Å²) in [6.45, 7) is 4.32. The van der Waals surface area contributed by atoms with E-state index < -0.39 is 0 Å². The molecule has 7 nitrogen and oxygen atoms in total. The van der Waals surface area contributed by atoms with Crippen molar-refractivity contribution in [2.45, 2.75) is 38.8 Å². The molecule has 1 fully saturated rings. The first-order chi connectivity index (χ1) is 14.2. The summed E-state index contributed by atoms with van der Waals surface area (Å²) in [4.78, 5) is 23.3. The second-order valence-corrected chi connectivity index (χ2v) is 8.13. The maximum atomic E-state index is 12.5. The zero-order valence-corrected chi connectivity index (χ0v) is 17.2. The molecule has 3 aromatic rings. The van der Waals surface area contributed by atoms with Gasteiger partial charge >= 0.3 is 5.97 Å². The molecule has 0 radical (unpaired) electrons. The third-order valence-corrected chi connectivity index (χ3v) is 5.99. The molecule has 29 heavy (non-hydrogen) atoms. The number of ether oxygens (including phenoxy) is 1. The van der Waals surface area contributed by atoms with Gasteiger partial charge in [0.1, 0.15) is 6.10 Å². The molecule has 0 spiro atoms. The van der Waals surface area contributed by atoms with Crippen molar-refractivity contribution in [1.82, 2.24) is 20.0 Å². The SMILES string of the molecule is CCC1CCN(Cc2noc(-c3nccs3)n2)C[C@@H]1OC(=O)Cc1ccccc1. The lowest BCUT2D eigenvalue weighted by Gasteiger charge is -2.37. The molecule has 8 heteroatoms. The predicted octanol–water partition coefficient (Wildman–Crippen LogP) is 3.58. The summed E-state index contributed by atoms with van der Waals surface area (Å²) in [5.74, 6) is 1.28. The third kappa shape index (κ3) is 5.07. The van der Waals surface area contributed by atoms with E-state index in [1.165, 1.54) is 11.3 Å². The first kappa shape index (κ1) is 19.7. The fourth-order valence-electron chi connectivity index (χ4n) is 3.68. The Morgan fingerprint density at radius 3 is 2.97 bits per heavy atom. The van der Waals surface area contributed by atoms with Crippen LogP contribution in [-0.4, -0.2) is 45.2 Å². The largest absolute Gasteiger partial charge is 0.460 e. The lowest BCUT2D eigenvalue weighted by Crippen LogP contribution is -2.45. The molecule has 152 valence electrons. The Bertz CT molecular complexity index is 913. The Labute approximate surface area is 173 Å². The molecular formula is C21H24N4O3S. The number of carbonyl (C=O) groups excluding carboxylic acids is 1. The molecule has 4 rings (SSSR count). The van der Waals surface area contributed by atoms with E-state index in [9.17, 15) is 4.79 Å². The molecule has 2 atom stereocenters. The van der Waals surface area contributed by atoms with Crippen LogP contribution >= 0.6 is 11.3 Å². The van der Waals surface area contributed by atoms with Gasteiger partial charge in [-0.3, -0.25) is 9.69 Å². The molecule has 1 unspecified atom stereocenters. The van der Waals surface area contributed by atoms with Crippen LogP contribution in [-0.2, 0) is 22.5 Å². The number of nitrogens with zero attached hydrogens (tertiary/aromatic N) is 4. The summed E-state index contributed by atoms with van der Waals surface area (Å²) in [6.07, 6.45) is 3.88. The molecule has 1 aromatic carbocycles. The predicted molar refractivity (Wildman–Crippen MR) is 109 cm³/mol. The van der Waals surface area contributed by atoms with Gasteiger partial charge in [-0.2, -0.15) is 4.98 Å². The van der Waals surface area contributed by atoms with Crippen LogP contribution < -0.4 is 0 Å². The Morgan fingerprint density at radius 2 is 2.21 bits per heavy atom. The summed E-state index contributed by atoms with van der Waals surface area (Å²) >= 11 is 1.47. The summed E-state index contributed by atoms with van der Waals surface area (Å²) in [5, 5.41) is 6.68. The van der Waals surface area contributed by atoms with Gasteiger partial charge in [-0.15, -0.1) is 11.3 Å². The highest BCUT2D eigenvalue weighted by atomic mass is 32.1. The quantitative estimate of drug-likeness (QED) is 0.549. The van der Waals surface area contributed by atoms with E-state index in [1.54, 1.807) is 6.20 Å².